The van der Waals surface area contributed by atoms with Gasteiger partial charge in [-0.1, -0.05) is 11.8 Å². The summed E-state index contributed by atoms with van der Waals surface area (Å²) in [5.74, 6) is -1.44. The summed E-state index contributed by atoms with van der Waals surface area (Å²) in [5, 5.41) is 14.7. The second-order valence-corrected chi connectivity index (χ2v) is 2.45. The average molecular weight is 193 g/mol. The third-order valence-electron chi connectivity index (χ3n) is 0.852. The largest absolute Gasteiger partial charge is 0.477 e. The number of nitrogens with two attached hydrogens (primary N) is 1. The van der Waals surface area contributed by atoms with E-state index in [1.165, 1.54) is 0 Å². The number of hydrogen-bond donors (Lipinski definition) is 2. The van der Waals surface area contributed by atoms with Crippen LogP contribution in [0.1, 0.15) is 0 Å². The standard InChI is InChI=1S/C5H8FN3O2S/c1-12-5(7)9-8-3(2-6)4(10)11/h2H2,1H3,(H2,7,9)(H,10,11). The molecule has 3 N–H and O–H groups in total. The fourth-order valence-corrected chi connectivity index (χ4v) is 0.400. The Labute approximate surface area is 72.5 Å². The van der Waals surface area contributed by atoms with Crippen molar-refractivity contribution in [1.82, 2.24) is 0 Å². The van der Waals surface area contributed by atoms with Crippen LogP contribution in [0.5, 0.6) is 0 Å². The van der Waals surface area contributed by atoms with Crippen molar-refractivity contribution < 1.29 is 14.3 Å². The molecular formula is C5H8FN3O2S. The highest BCUT2D eigenvalue weighted by Gasteiger charge is 2.07. The zero-order valence-corrected chi connectivity index (χ0v) is 7.14. The van der Waals surface area contributed by atoms with Crippen LogP contribution in [0.4, 0.5) is 4.39 Å². The first-order valence-corrected chi connectivity index (χ1v) is 4.07. The number of carbonyl (C=O) groups is 1. The minimum absolute atomic E-state index is 0.0854. The summed E-state index contributed by atoms with van der Waals surface area (Å²) in [6, 6.07) is 0. The van der Waals surface area contributed by atoms with Crippen LogP contribution in [0.15, 0.2) is 10.2 Å². The smallest absolute Gasteiger partial charge is 0.354 e. The van der Waals surface area contributed by atoms with Gasteiger partial charge in [-0.2, -0.15) is 0 Å². The van der Waals surface area contributed by atoms with E-state index < -0.39 is 18.4 Å². The molecule has 0 amide bonds. The lowest BCUT2D eigenvalue weighted by Crippen LogP contribution is -2.15. The van der Waals surface area contributed by atoms with E-state index in [4.69, 9.17) is 10.8 Å². The number of carboxylic acid groups (broad SMARTS) is 1. The van der Waals surface area contributed by atoms with Crippen LogP contribution in [0.3, 0.4) is 0 Å². The van der Waals surface area contributed by atoms with Crippen LogP contribution in [0.2, 0.25) is 0 Å². The summed E-state index contributed by atoms with van der Waals surface area (Å²) in [6.45, 7) is -1.17. The number of carboxylic acids is 1. The van der Waals surface area contributed by atoms with E-state index in [2.05, 4.69) is 10.2 Å². The molecular weight excluding hydrogens is 185 g/mol. The van der Waals surface area contributed by atoms with Gasteiger partial charge in [0.15, 0.2) is 10.9 Å². The van der Waals surface area contributed by atoms with Crippen LogP contribution >= 0.6 is 11.8 Å². The zero-order valence-electron chi connectivity index (χ0n) is 6.32. The van der Waals surface area contributed by atoms with E-state index in [0.29, 0.717) is 0 Å². The number of aliphatic carboxylic acids is 1. The number of halogens is 1. The van der Waals surface area contributed by atoms with Gasteiger partial charge in [-0.3, -0.25) is 0 Å². The molecule has 0 aromatic rings. The maximum absolute atomic E-state index is 11.8. The number of amidine groups is 1. The minimum Gasteiger partial charge on any atom is -0.477 e. The monoisotopic (exact) mass is 193 g/mol. The number of nitrogens with zero attached hydrogens (tertiary/aromatic N) is 2. The van der Waals surface area contributed by atoms with Crippen LogP contribution < -0.4 is 5.73 Å². The van der Waals surface area contributed by atoms with Crippen molar-refractivity contribution in [1.29, 1.82) is 0 Å². The lowest BCUT2D eigenvalue weighted by atomic mass is 10.4. The van der Waals surface area contributed by atoms with Gasteiger partial charge in [0, 0.05) is 0 Å². The second kappa shape index (κ2) is 5.53. The van der Waals surface area contributed by atoms with Gasteiger partial charge in [-0.25, -0.2) is 9.18 Å². The molecule has 0 spiro atoms. The van der Waals surface area contributed by atoms with Gasteiger partial charge >= 0.3 is 5.97 Å². The Bertz CT molecular complexity index is 229. The molecule has 0 fully saturated rings. The first-order chi connectivity index (χ1) is 5.61. The average Bonchev–Trinajstić information content (AvgIpc) is 2.04. The van der Waals surface area contributed by atoms with E-state index in [1.54, 1.807) is 6.26 Å². The van der Waals surface area contributed by atoms with Gasteiger partial charge in [0.1, 0.15) is 6.67 Å². The Morgan fingerprint density at radius 2 is 2.25 bits per heavy atom. The molecule has 0 aromatic heterocycles. The third-order valence-corrected chi connectivity index (χ3v) is 1.35. The molecule has 0 saturated heterocycles. The third kappa shape index (κ3) is 3.91. The SMILES string of the molecule is CS/C(N)=N/N=C(CF)C(=O)O. The molecule has 0 radical (unpaired) electrons. The number of alkyl halides is 1. The van der Waals surface area contributed by atoms with E-state index in [0.717, 1.165) is 11.8 Å². The van der Waals surface area contributed by atoms with Gasteiger partial charge < -0.3 is 10.8 Å². The summed E-state index contributed by atoms with van der Waals surface area (Å²) < 4.78 is 11.8. The van der Waals surface area contributed by atoms with Gasteiger partial charge in [0.25, 0.3) is 0 Å². The van der Waals surface area contributed by atoms with Gasteiger partial charge in [-0.05, 0) is 6.26 Å². The van der Waals surface area contributed by atoms with Crippen molar-refractivity contribution in [3.63, 3.8) is 0 Å². The summed E-state index contributed by atoms with van der Waals surface area (Å²) in [6.07, 6.45) is 1.64. The van der Waals surface area contributed by atoms with Gasteiger partial charge in [-0.15, -0.1) is 10.2 Å². The van der Waals surface area contributed by atoms with Crippen molar-refractivity contribution >= 4 is 28.6 Å². The van der Waals surface area contributed by atoms with E-state index in [-0.39, 0.29) is 5.17 Å². The van der Waals surface area contributed by atoms with Gasteiger partial charge in [0.05, 0.1) is 0 Å². The van der Waals surface area contributed by atoms with E-state index in [9.17, 15) is 9.18 Å². The molecule has 0 aliphatic heterocycles. The highest BCUT2D eigenvalue weighted by atomic mass is 32.2. The Kier molecular flexibility index (Phi) is 5.02. The Morgan fingerprint density at radius 1 is 1.67 bits per heavy atom. The lowest BCUT2D eigenvalue weighted by Gasteiger charge is -1.91. The molecule has 7 heteroatoms. The first kappa shape index (κ1) is 10.9. The molecule has 0 aromatic carbocycles. The predicted molar refractivity (Wildman–Crippen MR) is 46.2 cm³/mol. The molecule has 0 aliphatic carbocycles. The molecule has 0 aliphatic rings. The van der Waals surface area contributed by atoms with Crippen molar-refractivity contribution in [3.05, 3.63) is 0 Å². The normalized spacial score (nSPS) is 13.2. The Balaban J connectivity index is 4.40. The maximum atomic E-state index is 11.8. The maximum Gasteiger partial charge on any atom is 0.354 e. The van der Waals surface area contributed by atoms with Crippen LogP contribution in [0, 0.1) is 0 Å². The van der Waals surface area contributed by atoms with Crippen LogP contribution in [0.25, 0.3) is 0 Å². The second-order valence-electron chi connectivity index (χ2n) is 1.63. The van der Waals surface area contributed by atoms with Crippen molar-refractivity contribution in [3.8, 4) is 0 Å². The first-order valence-electron chi connectivity index (χ1n) is 2.85. The summed E-state index contributed by atoms with van der Waals surface area (Å²) >= 11 is 1.09. The van der Waals surface area contributed by atoms with Crippen LogP contribution in [-0.2, 0) is 4.79 Å². The molecule has 12 heavy (non-hydrogen) atoms. The Hall–Kier alpha value is -1.11. The fourth-order valence-electron chi connectivity index (χ4n) is 0.277. The van der Waals surface area contributed by atoms with Crippen LogP contribution in [-0.4, -0.2) is 34.9 Å². The van der Waals surface area contributed by atoms with Crippen molar-refractivity contribution in [2.45, 2.75) is 0 Å². The minimum atomic E-state index is -1.44. The zero-order chi connectivity index (χ0) is 9.56. The molecule has 5 nitrogen and oxygen atoms in total. The quantitative estimate of drug-likeness (QED) is 0.377. The number of thioether (sulfide) groups is 1. The van der Waals surface area contributed by atoms with E-state index >= 15 is 0 Å². The number of hydrogen-bond acceptors (Lipinski definition) is 4. The molecule has 0 unspecified atom stereocenters. The fraction of sp³-hybridized carbons (Fsp3) is 0.400. The lowest BCUT2D eigenvalue weighted by molar-refractivity contribution is -0.129. The van der Waals surface area contributed by atoms with Crippen molar-refractivity contribution in [2.75, 3.05) is 12.9 Å². The Morgan fingerprint density at radius 3 is 2.58 bits per heavy atom. The molecule has 0 atom stereocenters. The van der Waals surface area contributed by atoms with E-state index in [1.807, 2.05) is 0 Å². The predicted octanol–water partition coefficient (Wildman–Crippen LogP) is 0.0742. The van der Waals surface area contributed by atoms with Gasteiger partial charge in [0.2, 0.25) is 0 Å². The highest BCUT2D eigenvalue weighted by Crippen LogP contribution is 1.92. The molecule has 68 valence electrons. The molecule has 0 rings (SSSR count). The number of rotatable bonds is 3. The molecule has 0 bridgehead atoms. The topological polar surface area (TPSA) is 88.0 Å². The summed E-state index contributed by atoms with van der Waals surface area (Å²) in [4.78, 5) is 10.1. The molecule has 0 heterocycles. The molecule has 0 saturated carbocycles. The summed E-state index contributed by atoms with van der Waals surface area (Å²) in [7, 11) is 0. The summed E-state index contributed by atoms with van der Waals surface area (Å²) in [5.41, 5.74) is 4.51. The van der Waals surface area contributed by atoms with Crippen molar-refractivity contribution in [2.24, 2.45) is 15.9 Å². The highest BCUT2D eigenvalue weighted by molar-refractivity contribution is 8.13.